The van der Waals surface area contributed by atoms with Crippen LogP contribution in [0.5, 0.6) is 11.5 Å². The molecule has 0 bridgehead atoms. The monoisotopic (exact) mass is 557 g/mol. The summed E-state index contributed by atoms with van der Waals surface area (Å²) in [6.45, 7) is 0. The summed E-state index contributed by atoms with van der Waals surface area (Å²) in [5.74, 6) is 1.03. The Labute approximate surface area is 243 Å². The Hall–Kier alpha value is -5.06. The molecule has 0 radical (unpaired) electrons. The first-order chi connectivity index (χ1) is 20.1. The first kappa shape index (κ1) is 27.5. The summed E-state index contributed by atoms with van der Waals surface area (Å²) in [6, 6.07) is 37.1. The predicted molar refractivity (Wildman–Crippen MR) is 164 cm³/mol. The molecule has 6 nitrogen and oxygen atoms in total. The highest BCUT2D eigenvalue weighted by molar-refractivity contribution is 8.00. The van der Waals surface area contributed by atoms with Crippen molar-refractivity contribution in [3.05, 3.63) is 115 Å². The summed E-state index contributed by atoms with van der Waals surface area (Å²) >= 11 is 1.23. The standard InChI is InChI=1S/C34H27N3O3S/c1-39-31-18-17-25(19-32(31)40-2)27-20-30(24-13-7-4-8-14-24)37-34(28(27)21-35)41-22-33(38)36-29-16-10-9-15-26(29)23-11-5-3-6-12-23/h3-20H,22H2,1-2H3,(H,36,38). The fourth-order valence-electron chi connectivity index (χ4n) is 4.50. The minimum Gasteiger partial charge on any atom is -0.493 e. The van der Waals surface area contributed by atoms with E-state index >= 15 is 0 Å². The quantitative estimate of drug-likeness (QED) is 0.187. The number of carbonyl (C=O) groups is 1. The number of para-hydroxylation sites is 1. The van der Waals surface area contributed by atoms with Crippen molar-refractivity contribution in [3.63, 3.8) is 0 Å². The number of benzene rings is 4. The number of carbonyl (C=O) groups excluding carboxylic acids is 1. The van der Waals surface area contributed by atoms with Crippen LogP contribution in [0.3, 0.4) is 0 Å². The summed E-state index contributed by atoms with van der Waals surface area (Å²) in [7, 11) is 3.15. The SMILES string of the molecule is COc1ccc(-c2cc(-c3ccccc3)nc(SCC(=O)Nc3ccccc3-c3ccccc3)c2C#N)cc1OC. The van der Waals surface area contributed by atoms with E-state index in [0.717, 1.165) is 27.9 Å². The van der Waals surface area contributed by atoms with Gasteiger partial charge in [-0.2, -0.15) is 5.26 Å². The zero-order valence-corrected chi connectivity index (χ0v) is 23.4. The highest BCUT2D eigenvalue weighted by atomic mass is 32.2. The molecule has 0 atom stereocenters. The van der Waals surface area contributed by atoms with Gasteiger partial charge in [-0.15, -0.1) is 0 Å². The Morgan fingerprint density at radius 3 is 2.12 bits per heavy atom. The predicted octanol–water partition coefficient (Wildman–Crippen LogP) is 7.70. The van der Waals surface area contributed by atoms with E-state index in [2.05, 4.69) is 11.4 Å². The fraction of sp³-hybridized carbons (Fsp3) is 0.0882. The van der Waals surface area contributed by atoms with Crippen LogP contribution >= 0.6 is 11.8 Å². The molecule has 1 aromatic heterocycles. The molecule has 1 N–H and O–H groups in total. The minimum absolute atomic E-state index is 0.0778. The number of methoxy groups -OCH3 is 2. The van der Waals surface area contributed by atoms with E-state index < -0.39 is 0 Å². The van der Waals surface area contributed by atoms with Crippen molar-refractivity contribution in [2.24, 2.45) is 0 Å². The zero-order chi connectivity index (χ0) is 28.6. The number of aromatic nitrogens is 1. The van der Waals surface area contributed by atoms with E-state index in [1.54, 1.807) is 14.2 Å². The van der Waals surface area contributed by atoms with Crippen LogP contribution in [-0.2, 0) is 4.79 Å². The van der Waals surface area contributed by atoms with Gasteiger partial charge in [0.05, 0.1) is 31.2 Å². The number of pyridine rings is 1. The highest BCUT2D eigenvalue weighted by Crippen LogP contribution is 2.38. The molecule has 0 aliphatic heterocycles. The third kappa shape index (κ3) is 6.24. The van der Waals surface area contributed by atoms with Gasteiger partial charge in [0.15, 0.2) is 11.5 Å². The van der Waals surface area contributed by atoms with E-state index in [-0.39, 0.29) is 11.7 Å². The molecular weight excluding hydrogens is 530 g/mol. The van der Waals surface area contributed by atoms with Gasteiger partial charge < -0.3 is 14.8 Å². The van der Waals surface area contributed by atoms with Crippen molar-refractivity contribution in [2.75, 3.05) is 25.3 Å². The maximum Gasteiger partial charge on any atom is 0.234 e. The second kappa shape index (κ2) is 12.9. The van der Waals surface area contributed by atoms with Gasteiger partial charge in [-0.05, 0) is 35.4 Å². The van der Waals surface area contributed by atoms with Crippen molar-refractivity contribution < 1.29 is 14.3 Å². The lowest BCUT2D eigenvalue weighted by atomic mass is 9.99. The molecule has 1 heterocycles. The molecule has 0 fully saturated rings. The van der Waals surface area contributed by atoms with Gasteiger partial charge in [-0.1, -0.05) is 96.7 Å². The molecule has 0 aliphatic carbocycles. The third-order valence-electron chi connectivity index (χ3n) is 6.49. The van der Waals surface area contributed by atoms with Gasteiger partial charge in [0, 0.05) is 22.4 Å². The van der Waals surface area contributed by atoms with Crippen molar-refractivity contribution in [1.29, 1.82) is 5.26 Å². The molecule has 0 saturated heterocycles. The Kier molecular flexibility index (Phi) is 8.63. The van der Waals surface area contributed by atoms with Crippen LogP contribution in [0, 0.1) is 11.3 Å². The summed E-state index contributed by atoms with van der Waals surface area (Å²) in [5.41, 5.74) is 6.14. The van der Waals surface area contributed by atoms with E-state index in [0.29, 0.717) is 33.3 Å². The molecule has 7 heteroatoms. The molecule has 1 amide bonds. The molecule has 0 saturated carbocycles. The number of amides is 1. The number of hydrogen-bond acceptors (Lipinski definition) is 6. The number of nitrogens with one attached hydrogen (secondary N) is 1. The molecule has 0 aliphatic rings. The Bertz CT molecular complexity index is 1720. The number of thioether (sulfide) groups is 1. The van der Waals surface area contributed by atoms with Gasteiger partial charge in [0.1, 0.15) is 11.1 Å². The fourth-order valence-corrected chi connectivity index (χ4v) is 5.31. The smallest absolute Gasteiger partial charge is 0.234 e. The summed E-state index contributed by atoms with van der Waals surface area (Å²) in [5, 5.41) is 13.8. The topological polar surface area (TPSA) is 84.2 Å². The Balaban J connectivity index is 1.48. The summed E-state index contributed by atoms with van der Waals surface area (Å²) in [6.07, 6.45) is 0. The second-order valence-electron chi connectivity index (χ2n) is 9.03. The maximum absolute atomic E-state index is 13.2. The summed E-state index contributed by atoms with van der Waals surface area (Å²) < 4.78 is 10.9. The van der Waals surface area contributed by atoms with Crippen LogP contribution in [0.2, 0.25) is 0 Å². The first-order valence-corrected chi connectivity index (χ1v) is 13.9. The third-order valence-corrected chi connectivity index (χ3v) is 7.46. The van der Waals surface area contributed by atoms with Gasteiger partial charge in [-0.25, -0.2) is 4.98 Å². The van der Waals surface area contributed by atoms with Gasteiger partial charge in [0.2, 0.25) is 5.91 Å². The number of rotatable bonds is 9. The van der Waals surface area contributed by atoms with Crippen molar-refractivity contribution in [2.45, 2.75) is 5.03 Å². The zero-order valence-electron chi connectivity index (χ0n) is 22.6. The van der Waals surface area contributed by atoms with Gasteiger partial charge >= 0.3 is 0 Å². The lowest BCUT2D eigenvalue weighted by Crippen LogP contribution is -2.15. The number of nitrogens with zero attached hydrogens (tertiary/aromatic N) is 2. The minimum atomic E-state index is -0.193. The highest BCUT2D eigenvalue weighted by Gasteiger charge is 2.19. The van der Waals surface area contributed by atoms with E-state index in [4.69, 9.17) is 14.5 Å². The molecule has 0 spiro atoms. The number of anilines is 1. The molecule has 202 valence electrons. The molecule has 41 heavy (non-hydrogen) atoms. The second-order valence-corrected chi connectivity index (χ2v) is 10.00. The molecule has 0 unspecified atom stereocenters. The van der Waals surface area contributed by atoms with Crippen LogP contribution in [0.1, 0.15) is 5.56 Å². The molecule has 4 aromatic carbocycles. The van der Waals surface area contributed by atoms with E-state index in [1.165, 1.54) is 11.8 Å². The van der Waals surface area contributed by atoms with Crippen LogP contribution in [0.4, 0.5) is 5.69 Å². The van der Waals surface area contributed by atoms with Crippen LogP contribution in [0.15, 0.2) is 114 Å². The van der Waals surface area contributed by atoms with Crippen LogP contribution < -0.4 is 14.8 Å². The average molecular weight is 558 g/mol. The van der Waals surface area contributed by atoms with Crippen molar-refractivity contribution in [1.82, 2.24) is 4.98 Å². The number of hydrogen-bond donors (Lipinski definition) is 1. The van der Waals surface area contributed by atoms with Crippen LogP contribution in [0.25, 0.3) is 33.5 Å². The number of ether oxygens (including phenoxy) is 2. The lowest BCUT2D eigenvalue weighted by Gasteiger charge is -2.15. The van der Waals surface area contributed by atoms with Crippen LogP contribution in [-0.4, -0.2) is 30.9 Å². The maximum atomic E-state index is 13.2. The first-order valence-electron chi connectivity index (χ1n) is 12.9. The largest absolute Gasteiger partial charge is 0.493 e. The van der Waals surface area contributed by atoms with Gasteiger partial charge in [0.25, 0.3) is 0 Å². The van der Waals surface area contributed by atoms with Crippen molar-refractivity contribution >= 4 is 23.4 Å². The molecule has 5 aromatic rings. The van der Waals surface area contributed by atoms with Crippen molar-refractivity contribution in [3.8, 4) is 51.1 Å². The number of nitriles is 1. The summed E-state index contributed by atoms with van der Waals surface area (Å²) in [4.78, 5) is 18.0. The molecule has 5 rings (SSSR count). The Morgan fingerprint density at radius 2 is 1.44 bits per heavy atom. The van der Waals surface area contributed by atoms with E-state index in [1.807, 2.05) is 109 Å². The lowest BCUT2D eigenvalue weighted by molar-refractivity contribution is -0.113. The molecular formula is C34H27N3O3S. The average Bonchev–Trinajstić information content (AvgIpc) is 3.04. The van der Waals surface area contributed by atoms with Gasteiger partial charge in [-0.3, -0.25) is 4.79 Å². The normalized spacial score (nSPS) is 10.5. The Morgan fingerprint density at radius 1 is 0.780 bits per heavy atom. The van der Waals surface area contributed by atoms with E-state index in [9.17, 15) is 10.1 Å².